The zero-order valence-electron chi connectivity index (χ0n) is 13.6. The summed E-state index contributed by atoms with van der Waals surface area (Å²) in [6, 6.07) is 8.92. The molecule has 1 heterocycles. The average molecular weight is 320 g/mol. The minimum Gasteiger partial charge on any atom is -0.373 e. The Kier molecular flexibility index (Phi) is 5.95. The van der Waals surface area contributed by atoms with E-state index in [1.165, 1.54) is 0 Å². The van der Waals surface area contributed by atoms with Crippen LogP contribution in [0.1, 0.15) is 11.6 Å². The highest BCUT2D eigenvalue weighted by molar-refractivity contribution is 5.83. The van der Waals surface area contributed by atoms with Crippen molar-refractivity contribution in [1.29, 1.82) is 0 Å². The molecule has 2 rings (SSSR count). The lowest BCUT2D eigenvalue weighted by Crippen LogP contribution is -2.53. The zero-order valence-corrected chi connectivity index (χ0v) is 13.6. The Balaban J connectivity index is 2.23. The van der Waals surface area contributed by atoms with Crippen LogP contribution >= 0.6 is 0 Å². The third-order valence-electron chi connectivity index (χ3n) is 3.77. The summed E-state index contributed by atoms with van der Waals surface area (Å²) >= 11 is 0. The predicted molar refractivity (Wildman–Crippen MR) is 86.8 cm³/mol. The third-order valence-corrected chi connectivity index (χ3v) is 3.77. The number of morpholine rings is 1. The molecule has 0 aliphatic carbocycles. The molecule has 2 atom stereocenters. The number of ether oxygens (including phenoxy) is 1. The Hall–Kier alpha value is -2.12. The number of hydrogen-bond donors (Lipinski definition) is 2. The molecule has 1 saturated heterocycles. The number of likely N-dealkylation sites (N-methyl/N-ethyl adjacent to an activating group) is 1. The molecule has 0 spiro atoms. The molecule has 3 N–H and O–H groups in total. The number of amides is 3. The highest BCUT2D eigenvalue weighted by atomic mass is 16.5. The molecule has 0 unspecified atom stereocenters. The van der Waals surface area contributed by atoms with Crippen LogP contribution in [0.4, 0.5) is 4.79 Å². The maximum atomic E-state index is 12.5. The molecule has 23 heavy (non-hydrogen) atoms. The van der Waals surface area contributed by atoms with Crippen molar-refractivity contribution in [1.82, 2.24) is 15.1 Å². The van der Waals surface area contributed by atoms with E-state index in [-0.39, 0.29) is 24.6 Å². The summed E-state index contributed by atoms with van der Waals surface area (Å²) in [6.45, 7) is 1.56. The fourth-order valence-electron chi connectivity index (χ4n) is 2.83. The van der Waals surface area contributed by atoms with Crippen LogP contribution in [-0.4, -0.2) is 68.2 Å². The van der Waals surface area contributed by atoms with Crippen LogP contribution in [0.5, 0.6) is 0 Å². The Bertz CT molecular complexity index is 535. The number of hydrogen-bond acceptors (Lipinski definition) is 4. The van der Waals surface area contributed by atoms with Crippen LogP contribution in [0.15, 0.2) is 30.3 Å². The average Bonchev–Trinajstić information content (AvgIpc) is 2.52. The van der Waals surface area contributed by atoms with E-state index in [4.69, 9.17) is 10.5 Å². The van der Waals surface area contributed by atoms with Gasteiger partial charge in [0.1, 0.15) is 0 Å². The van der Waals surface area contributed by atoms with Gasteiger partial charge in [-0.15, -0.1) is 0 Å². The maximum Gasteiger partial charge on any atom is 0.312 e. The van der Waals surface area contributed by atoms with Crippen LogP contribution in [0.25, 0.3) is 0 Å². The first-order valence-corrected chi connectivity index (χ1v) is 7.63. The lowest BCUT2D eigenvalue weighted by molar-refractivity contribution is -0.146. The fraction of sp³-hybridized carbons (Fsp3) is 0.500. The molecule has 1 aromatic carbocycles. The van der Waals surface area contributed by atoms with Crippen LogP contribution in [0.3, 0.4) is 0 Å². The number of primary amides is 1. The second-order valence-corrected chi connectivity index (χ2v) is 5.83. The molecule has 3 amide bonds. The van der Waals surface area contributed by atoms with Gasteiger partial charge in [0.05, 0.1) is 25.3 Å². The van der Waals surface area contributed by atoms with Gasteiger partial charge in [0, 0.05) is 13.1 Å². The molecule has 1 aromatic rings. The van der Waals surface area contributed by atoms with Crippen LogP contribution in [-0.2, 0) is 9.53 Å². The molecular formula is C16H24N4O3. The van der Waals surface area contributed by atoms with Gasteiger partial charge in [-0.05, 0) is 19.7 Å². The number of nitrogens with two attached hydrogens (primary N) is 1. The highest BCUT2D eigenvalue weighted by Crippen LogP contribution is 2.30. The Morgan fingerprint density at radius 1 is 1.35 bits per heavy atom. The van der Waals surface area contributed by atoms with Gasteiger partial charge in [-0.2, -0.15) is 0 Å². The minimum absolute atomic E-state index is 0.104. The van der Waals surface area contributed by atoms with E-state index in [2.05, 4.69) is 5.32 Å². The lowest BCUT2D eigenvalue weighted by atomic mass is 9.97. The Morgan fingerprint density at radius 3 is 2.65 bits per heavy atom. The highest BCUT2D eigenvalue weighted by Gasteiger charge is 2.36. The number of carbonyl (C=O) groups excluding carboxylic acids is 2. The van der Waals surface area contributed by atoms with Crippen molar-refractivity contribution in [3.05, 3.63) is 35.9 Å². The van der Waals surface area contributed by atoms with E-state index in [0.717, 1.165) is 5.56 Å². The summed E-state index contributed by atoms with van der Waals surface area (Å²) in [6.07, 6.45) is -0.126. The van der Waals surface area contributed by atoms with E-state index in [1.54, 1.807) is 4.90 Å². The first kappa shape index (κ1) is 17.2. The van der Waals surface area contributed by atoms with E-state index < -0.39 is 6.03 Å². The minimum atomic E-state index is -0.701. The lowest BCUT2D eigenvalue weighted by Gasteiger charge is -2.42. The standard InChI is InChI=1S/C16H24N4O3/c1-19(2)11-13-15(12-6-4-3-5-7-12)20(8-9-23-13)14(21)10-18-16(17)22/h3-7,13,15H,8-11H2,1-2H3,(H3,17,18,22)/t13-,15-/m0/s1. The van der Waals surface area contributed by atoms with E-state index in [9.17, 15) is 9.59 Å². The molecule has 126 valence electrons. The largest absolute Gasteiger partial charge is 0.373 e. The van der Waals surface area contributed by atoms with Crippen molar-refractivity contribution < 1.29 is 14.3 Å². The first-order chi connectivity index (χ1) is 11.0. The monoisotopic (exact) mass is 320 g/mol. The number of carbonyl (C=O) groups is 2. The van der Waals surface area contributed by atoms with Gasteiger partial charge in [-0.1, -0.05) is 30.3 Å². The van der Waals surface area contributed by atoms with Gasteiger partial charge in [0.25, 0.3) is 0 Å². The van der Waals surface area contributed by atoms with Crippen molar-refractivity contribution >= 4 is 11.9 Å². The molecule has 7 nitrogen and oxygen atoms in total. The van der Waals surface area contributed by atoms with Crippen molar-refractivity contribution in [3.63, 3.8) is 0 Å². The summed E-state index contributed by atoms with van der Waals surface area (Å²) < 4.78 is 5.91. The summed E-state index contributed by atoms with van der Waals surface area (Å²) in [5.74, 6) is -0.162. The van der Waals surface area contributed by atoms with E-state index in [0.29, 0.717) is 19.7 Å². The second kappa shape index (κ2) is 7.94. The van der Waals surface area contributed by atoms with Gasteiger partial charge in [-0.3, -0.25) is 4.79 Å². The molecule has 1 fully saturated rings. The van der Waals surface area contributed by atoms with Crippen LogP contribution < -0.4 is 11.1 Å². The summed E-state index contributed by atoms with van der Waals surface area (Å²) in [7, 11) is 3.95. The van der Waals surface area contributed by atoms with E-state index in [1.807, 2.05) is 49.3 Å². The number of nitrogens with one attached hydrogen (secondary N) is 1. The summed E-state index contributed by atoms with van der Waals surface area (Å²) in [5, 5.41) is 2.37. The normalized spacial score (nSPS) is 21.3. The van der Waals surface area contributed by atoms with Crippen LogP contribution in [0.2, 0.25) is 0 Å². The van der Waals surface area contributed by atoms with Crippen molar-refractivity contribution in [2.24, 2.45) is 5.73 Å². The SMILES string of the molecule is CN(C)C[C@@H]1OCCN(C(=O)CNC(N)=O)[C@H]1c1ccccc1. The topological polar surface area (TPSA) is 87.9 Å². The maximum absolute atomic E-state index is 12.5. The third kappa shape index (κ3) is 4.67. The molecule has 0 aromatic heterocycles. The molecule has 1 aliphatic heterocycles. The second-order valence-electron chi connectivity index (χ2n) is 5.83. The number of benzene rings is 1. The molecule has 0 radical (unpaired) electrons. The summed E-state index contributed by atoms with van der Waals surface area (Å²) in [4.78, 5) is 27.2. The molecule has 7 heteroatoms. The van der Waals surface area contributed by atoms with Gasteiger partial charge < -0.3 is 25.6 Å². The zero-order chi connectivity index (χ0) is 16.8. The summed E-state index contributed by atoms with van der Waals surface area (Å²) in [5.41, 5.74) is 6.08. The van der Waals surface area contributed by atoms with Gasteiger partial charge >= 0.3 is 6.03 Å². The fourth-order valence-corrected chi connectivity index (χ4v) is 2.83. The Labute approximate surface area is 136 Å². The van der Waals surface area contributed by atoms with Crippen molar-refractivity contribution in [3.8, 4) is 0 Å². The van der Waals surface area contributed by atoms with Gasteiger partial charge in [0.15, 0.2) is 0 Å². The van der Waals surface area contributed by atoms with Gasteiger partial charge in [0.2, 0.25) is 5.91 Å². The number of nitrogens with zero attached hydrogens (tertiary/aromatic N) is 2. The smallest absolute Gasteiger partial charge is 0.312 e. The molecule has 0 saturated carbocycles. The number of urea groups is 1. The van der Waals surface area contributed by atoms with E-state index >= 15 is 0 Å². The van der Waals surface area contributed by atoms with Crippen LogP contribution in [0, 0.1) is 0 Å². The van der Waals surface area contributed by atoms with Gasteiger partial charge in [-0.25, -0.2) is 4.79 Å². The van der Waals surface area contributed by atoms with Crippen molar-refractivity contribution in [2.45, 2.75) is 12.1 Å². The number of rotatable bonds is 5. The Morgan fingerprint density at radius 2 is 2.04 bits per heavy atom. The predicted octanol–water partition coefficient (Wildman–Crippen LogP) is 0.185. The molecule has 0 bridgehead atoms. The molecular weight excluding hydrogens is 296 g/mol. The molecule has 1 aliphatic rings. The first-order valence-electron chi connectivity index (χ1n) is 7.63. The quantitative estimate of drug-likeness (QED) is 0.810. The van der Waals surface area contributed by atoms with Crippen molar-refractivity contribution in [2.75, 3.05) is 40.3 Å².